The van der Waals surface area contributed by atoms with Crippen LogP contribution in [0.1, 0.15) is 48.4 Å². The first kappa shape index (κ1) is 33.1. The van der Waals surface area contributed by atoms with E-state index in [4.69, 9.17) is 61.6 Å². The normalized spacial score (nSPS) is 19.0. The molecule has 4 aromatic rings. The Morgan fingerprint density at radius 2 is 1.17 bits per heavy atom. The quantitative estimate of drug-likeness (QED) is 0.146. The van der Waals surface area contributed by atoms with Crippen LogP contribution in [0.3, 0.4) is 0 Å². The smallest absolute Gasteiger partial charge is 0.345 e. The third kappa shape index (κ3) is 5.82. The number of amides is 1. The zero-order valence-electron chi connectivity index (χ0n) is 25.1. The number of hydrogen-bond donors (Lipinski definition) is 1. The van der Waals surface area contributed by atoms with E-state index in [-0.39, 0.29) is 5.57 Å². The summed E-state index contributed by atoms with van der Waals surface area (Å²) in [5.74, 6) is -3.35. The number of benzene rings is 4. The summed E-state index contributed by atoms with van der Waals surface area (Å²) in [6.45, 7) is 1.35. The predicted molar refractivity (Wildman–Crippen MR) is 182 cm³/mol. The maximum absolute atomic E-state index is 13.9. The molecule has 2 aliphatic rings. The van der Waals surface area contributed by atoms with Gasteiger partial charge in [0.25, 0.3) is 5.91 Å². The minimum atomic E-state index is -1.58. The van der Waals surface area contributed by atoms with Gasteiger partial charge in [-0.3, -0.25) is 9.59 Å². The molecular formula is C37H29Cl4NO5. The number of nitrogens with two attached hydrogens (primary N) is 1. The highest BCUT2D eigenvalue weighted by Crippen LogP contribution is 2.59. The number of primary amides is 1. The molecule has 0 aromatic heterocycles. The van der Waals surface area contributed by atoms with Crippen LogP contribution in [0.4, 0.5) is 0 Å². The molecular weight excluding hydrogens is 680 g/mol. The highest BCUT2D eigenvalue weighted by molar-refractivity contribution is 6.31. The summed E-state index contributed by atoms with van der Waals surface area (Å²) in [5.41, 5.74) is 5.63. The summed E-state index contributed by atoms with van der Waals surface area (Å²) < 4.78 is 12.8. The molecule has 0 saturated heterocycles. The van der Waals surface area contributed by atoms with Crippen LogP contribution in [0.5, 0.6) is 0 Å². The number of ether oxygens (including phenoxy) is 2. The van der Waals surface area contributed by atoms with Crippen molar-refractivity contribution < 1.29 is 23.9 Å². The molecule has 6 rings (SSSR count). The van der Waals surface area contributed by atoms with Crippen molar-refractivity contribution in [3.05, 3.63) is 151 Å². The van der Waals surface area contributed by atoms with Crippen molar-refractivity contribution in [2.24, 2.45) is 17.6 Å². The first-order valence-corrected chi connectivity index (χ1v) is 16.5. The Balaban J connectivity index is 1.68. The van der Waals surface area contributed by atoms with Crippen molar-refractivity contribution in [1.29, 1.82) is 0 Å². The van der Waals surface area contributed by atoms with Gasteiger partial charge in [0.2, 0.25) is 0 Å². The van der Waals surface area contributed by atoms with Gasteiger partial charge in [0, 0.05) is 60.8 Å². The molecule has 2 N–H and O–H groups in total. The molecule has 1 amide bonds. The van der Waals surface area contributed by atoms with E-state index in [1.165, 1.54) is 6.92 Å². The van der Waals surface area contributed by atoms with Gasteiger partial charge in [0.15, 0.2) is 11.2 Å². The van der Waals surface area contributed by atoms with Gasteiger partial charge in [-0.15, -0.1) is 0 Å². The zero-order chi connectivity index (χ0) is 33.5. The molecule has 1 heterocycles. The van der Waals surface area contributed by atoms with E-state index in [1.54, 1.807) is 72.8 Å². The summed E-state index contributed by atoms with van der Waals surface area (Å²) in [6, 6.07) is 28.0. The molecule has 4 aromatic carbocycles. The van der Waals surface area contributed by atoms with Crippen LogP contribution in [0.2, 0.25) is 20.1 Å². The second kappa shape index (κ2) is 13.0. The Hall–Kier alpha value is -3.81. The van der Waals surface area contributed by atoms with Gasteiger partial charge in [-0.05, 0) is 67.3 Å². The minimum Gasteiger partial charge on any atom is -0.449 e. The third-order valence-corrected chi connectivity index (χ3v) is 10.1. The summed E-state index contributed by atoms with van der Waals surface area (Å²) in [5, 5.41) is 1.95. The molecule has 2 unspecified atom stereocenters. The Labute approximate surface area is 292 Å². The third-order valence-electron chi connectivity index (χ3n) is 9.11. The molecule has 47 heavy (non-hydrogen) atoms. The van der Waals surface area contributed by atoms with Crippen molar-refractivity contribution >= 4 is 64.2 Å². The maximum atomic E-state index is 13.9. The second-order valence-electron chi connectivity index (χ2n) is 11.7. The van der Waals surface area contributed by atoms with Crippen molar-refractivity contribution in [3.63, 3.8) is 0 Å². The summed E-state index contributed by atoms with van der Waals surface area (Å²) in [7, 11) is 0. The number of hydrogen-bond acceptors (Lipinski definition) is 5. The standard InChI is InChI=1S/C37H29Cl4NO5/c1-21(43)46-36(22-5-13-26(38)14-6-22,23-7-15-27(39)16-8-23)31-4-2-3-30(31)33-32(34(42)44)35(45)47-37(33,24-9-17-28(40)18-10-24)25-11-19-29(41)20-12-25/h5-20,30-31H,2-4H2,1H3,(H2,42,44). The molecule has 6 nitrogen and oxygen atoms in total. The fraction of sp³-hybridized carbons (Fsp3) is 0.216. The van der Waals surface area contributed by atoms with Crippen LogP contribution in [0.25, 0.3) is 0 Å². The molecule has 2 atom stereocenters. The summed E-state index contributed by atoms with van der Waals surface area (Å²) in [4.78, 5) is 40.3. The van der Waals surface area contributed by atoms with Gasteiger partial charge in [-0.1, -0.05) is 101 Å². The van der Waals surface area contributed by atoms with Gasteiger partial charge in [0.05, 0.1) is 0 Å². The van der Waals surface area contributed by atoms with E-state index >= 15 is 0 Å². The Bertz CT molecular complexity index is 1780. The largest absolute Gasteiger partial charge is 0.449 e. The second-order valence-corrected chi connectivity index (χ2v) is 13.5. The van der Waals surface area contributed by atoms with Crippen LogP contribution in [-0.2, 0) is 35.1 Å². The van der Waals surface area contributed by atoms with Crippen molar-refractivity contribution in [3.8, 4) is 0 Å². The number of halogens is 4. The Kier molecular flexibility index (Phi) is 9.16. The number of carbonyl (C=O) groups is 3. The van der Waals surface area contributed by atoms with Gasteiger partial charge < -0.3 is 15.2 Å². The average molecular weight is 709 g/mol. The van der Waals surface area contributed by atoms with Crippen LogP contribution in [0, 0.1) is 11.8 Å². The SMILES string of the molecule is CC(=O)OC(c1ccc(Cl)cc1)(c1ccc(Cl)cc1)C1CCCC1C1=C(C(N)=O)C(=O)OC1(c1ccc(Cl)cc1)c1ccc(Cl)cc1. The van der Waals surface area contributed by atoms with E-state index in [1.807, 2.05) is 24.3 Å². The van der Waals surface area contributed by atoms with E-state index < -0.39 is 40.9 Å². The fourth-order valence-electron chi connectivity index (χ4n) is 7.38. The molecule has 1 saturated carbocycles. The van der Waals surface area contributed by atoms with Crippen molar-refractivity contribution in [2.75, 3.05) is 0 Å². The highest BCUT2D eigenvalue weighted by atomic mass is 35.5. The lowest BCUT2D eigenvalue weighted by Crippen LogP contribution is -2.45. The lowest BCUT2D eigenvalue weighted by atomic mass is 9.65. The van der Waals surface area contributed by atoms with Gasteiger partial charge in [-0.2, -0.15) is 0 Å². The van der Waals surface area contributed by atoms with E-state index in [0.29, 0.717) is 67.2 Å². The maximum Gasteiger partial charge on any atom is 0.345 e. The lowest BCUT2D eigenvalue weighted by Gasteiger charge is -2.44. The van der Waals surface area contributed by atoms with E-state index in [0.717, 1.165) is 0 Å². The number of cyclic esters (lactones) is 1. The molecule has 0 bridgehead atoms. The molecule has 1 aliphatic heterocycles. The molecule has 10 heteroatoms. The van der Waals surface area contributed by atoms with Gasteiger partial charge in [-0.25, -0.2) is 4.79 Å². The zero-order valence-corrected chi connectivity index (χ0v) is 28.2. The highest BCUT2D eigenvalue weighted by Gasteiger charge is 2.60. The number of carbonyl (C=O) groups excluding carboxylic acids is 3. The van der Waals surface area contributed by atoms with Crippen LogP contribution >= 0.6 is 46.4 Å². The molecule has 240 valence electrons. The number of esters is 2. The first-order valence-electron chi connectivity index (χ1n) is 15.0. The van der Waals surface area contributed by atoms with Crippen LogP contribution in [0.15, 0.2) is 108 Å². The van der Waals surface area contributed by atoms with Gasteiger partial charge >= 0.3 is 11.9 Å². The molecule has 1 fully saturated rings. The number of rotatable bonds is 8. The first-order chi connectivity index (χ1) is 22.5. The monoisotopic (exact) mass is 707 g/mol. The molecule has 0 spiro atoms. The Morgan fingerprint density at radius 1 is 0.745 bits per heavy atom. The lowest BCUT2D eigenvalue weighted by molar-refractivity contribution is -0.161. The fourth-order valence-corrected chi connectivity index (χ4v) is 7.88. The minimum absolute atomic E-state index is 0.240. The summed E-state index contributed by atoms with van der Waals surface area (Å²) in [6.07, 6.45) is 1.77. The average Bonchev–Trinajstić information content (AvgIpc) is 3.64. The van der Waals surface area contributed by atoms with E-state index in [9.17, 15) is 14.4 Å². The van der Waals surface area contributed by atoms with Crippen LogP contribution < -0.4 is 5.73 Å². The van der Waals surface area contributed by atoms with Crippen LogP contribution in [-0.4, -0.2) is 17.8 Å². The summed E-state index contributed by atoms with van der Waals surface area (Å²) >= 11 is 25.3. The van der Waals surface area contributed by atoms with E-state index in [2.05, 4.69) is 0 Å². The topological polar surface area (TPSA) is 95.7 Å². The molecule has 0 radical (unpaired) electrons. The van der Waals surface area contributed by atoms with Gasteiger partial charge in [0.1, 0.15) is 5.57 Å². The Morgan fingerprint density at radius 3 is 1.57 bits per heavy atom. The van der Waals surface area contributed by atoms with Crippen molar-refractivity contribution in [1.82, 2.24) is 0 Å². The predicted octanol–water partition coefficient (Wildman–Crippen LogP) is 8.81. The van der Waals surface area contributed by atoms with Crippen molar-refractivity contribution in [2.45, 2.75) is 37.4 Å². The molecule has 1 aliphatic carbocycles.